The lowest BCUT2D eigenvalue weighted by atomic mass is 9.86. The van der Waals surface area contributed by atoms with Gasteiger partial charge in [-0.15, -0.1) is 0 Å². The lowest BCUT2D eigenvalue weighted by Gasteiger charge is -2.19. The van der Waals surface area contributed by atoms with E-state index in [0.717, 1.165) is 18.7 Å². The van der Waals surface area contributed by atoms with Crippen molar-refractivity contribution in [3.05, 3.63) is 47.5 Å². The Morgan fingerprint density at radius 3 is 2.30 bits per heavy atom. The van der Waals surface area contributed by atoms with Crippen LogP contribution in [0.1, 0.15) is 15.9 Å². The van der Waals surface area contributed by atoms with Crippen molar-refractivity contribution in [3.63, 3.8) is 0 Å². The average Bonchev–Trinajstić information content (AvgIpc) is 3.25. The number of nitrogens with one attached hydrogen (secondary N) is 1. The second kappa shape index (κ2) is 5.38. The van der Waals surface area contributed by atoms with Crippen molar-refractivity contribution in [3.8, 4) is 0 Å². The summed E-state index contributed by atoms with van der Waals surface area (Å²) < 4.78 is 5.81. The zero-order chi connectivity index (χ0) is 16.0. The van der Waals surface area contributed by atoms with E-state index in [0.29, 0.717) is 18.4 Å². The number of hydrogen-bond acceptors (Lipinski definition) is 3. The summed E-state index contributed by atoms with van der Waals surface area (Å²) in [5, 5.41) is 11.8. The molecule has 6 nitrogen and oxygen atoms in total. The molecule has 1 aromatic carbocycles. The highest BCUT2D eigenvalue weighted by atomic mass is 16.5. The van der Waals surface area contributed by atoms with Gasteiger partial charge in [-0.3, -0.25) is 0 Å². The third-order valence-corrected chi connectivity index (χ3v) is 4.99. The van der Waals surface area contributed by atoms with Crippen molar-refractivity contribution in [2.75, 3.05) is 13.1 Å². The Morgan fingerprint density at radius 1 is 1.13 bits per heavy atom. The van der Waals surface area contributed by atoms with Crippen LogP contribution in [-0.4, -0.2) is 47.3 Å². The molecule has 2 N–H and O–H groups in total. The Labute approximate surface area is 133 Å². The molecule has 2 amide bonds. The van der Waals surface area contributed by atoms with Gasteiger partial charge in [0, 0.05) is 31.5 Å². The third kappa shape index (κ3) is 2.49. The maximum absolute atomic E-state index is 12.3. The summed E-state index contributed by atoms with van der Waals surface area (Å²) in [5.41, 5.74) is 1.13. The number of hydrogen-bond donors (Lipinski definition) is 2. The molecule has 0 saturated carbocycles. The van der Waals surface area contributed by atoms with E-state index in [4.69, 9.17) is 9.84 Å². The highest BCUT2D eigenvalue weighted by molar-refractivity contribution is 5.87. The van der Waals surface area contributed by atoms with Crippen molar-refractivity contribution in [2.45, 2.75) is 18.8 Å². The molecule has 4 atom stereocenters. The topological polar surface area (TPSA) is 78.9 Å². The van der Waals surface area contributed by atoms with Gasteiger partial charge in [0.2, 0.25) is 0 Å². The minimum absolute atomic E-state index is 0.0684. The van der Waals surface area contributed by atoms with Crippen LogP contribution in [0.4, 0.5) is 4.79 Å². The number of benzene rings is 1. The Morgan fingerprint density at radius 2 is 1.74 bits per heavy atom. The van der Waals surface area contributed by atoms with E-state index in [1.165, 1.54) is 0 Å². The van der Waals surface area contributed by atoms with Gasteiger partial charge in [0.1, 0.15) is 0 Å². The van der Waals surface area contributed by atoms with E-state index >= 15 is 0 Å². The molecule has 4 unspecified atom stereocenters. The number of urea groups is 1. The van der Waals surface area contributed by atoms with Crippen LogP contribution >= 0.6 is 0 Å². The van der Waals surface area contributed by atoms with Crippen LogP contribution in [0.5, 0.6) is 0 Å². The van der Waals surface area contributed by atoms with Crippen LogP contribution in [0.3, 0.4) is 0 Å². The number of carboxylic acids is 1. The second-order valence-electron chi connectivity index (χ2n) is 6.34. The maximum atomic E-state index is 12.3. The van der Waals surface area contributed by atoms with Gasteiger partial charge in [0.15, 0.2) is 0 Å². The van der Waals surface area contributed by atoms with Crippen LogP contribution in [0, 0.1) is 11.8 Å². The molecule has 3 heterocycles. The van der Waals surface area contributed by atoms with Crippen LogP contribution < -0.4 is 5.32 Å². The van der Waals surface area contributed by atoms with Gasteiger partial charge in [-0.1, -0.05) is 24.3 Å². The minimum Gasteiger partial charge on any atom is -0.478 e. The van der Waals surface area contributed by atoms with Gasteiger partial charge in [-0.05, 0) is 17.7 Å². The fourth-order valence-corrected chi connectivity index (χ4v) is 3.75. The molecule has 0 radical (unpaired) electrons. The van der Waals surface area contributed by atoms with Gasteiger partial charge in [-0.25, -0.2) is 9.59 Å². The SMILES string of the molecule is O=C(O)c1ccc(CNC(=O)N2CC3C4C=CC(O4)C3C2)cc1. The van der Waals surface area contributed by atoms with E-state index in [1.807, 2.05) is 4.90 Å². The smallest absolute Gasteiger partial charge is 0.335 e. The number of rotatable bonds is 3. The molecular formula is C17H18N2O4. The molecule has 6 heteroatoms. The number of carbonyl (C=O) groups is 2. The Bertz CT molecular complexity index is 650. The Hall–Kier alpha value is -2.34. The van der Waals surface area contributed by atoms with Gasteiger partial charge in [-0.2, -0.15) is 0 Å². The van der Waals surface area contributed by atoms with Gasteiger partial charge in [0.05, 0.1) is 17.8 Å². The Kier molecular flexibility index (Phi) is 3.34. The molecule has 4 rings (SSSR count). The number of carbonyl (C=O) groups excluding carboxylic acids is 1. The quantitative estimate of drug-likeness (QED) is 0.828. The number of carboxylic acid groups (broad SMARTS) is 1. The summed E-state index contributed by atoms with van der Waals surface area (Å²) in [4.78, 5) is 25.0. The highest BCUT2D eigenvalue weighted by Gasteiger charge is 2.51. The lowest BCUT2D eigenvalue weighted by molar-refractivity contribution is 0.0696. The standard InChI is InChI=1S/C17H18N2O4/c20-16(21)11-3-1-10(2-4-11)7-18-17(22)19-8-12-13(9-19)15-6-5-14(12)23-15/h1-6,12-15H,7-9H2,(H,18,22)(H,20,21). The fraction of sp³-hybridized carbons (Fsp3) is 0.412. The van der Waals surface area contributed by atoms with Crippen molar-refractivity contribution in [2.24, 2.45) is 11.8 Å². The van der Waals surface area contributed by atoms with Crippen LogP contribution in [0.25, 0.3) is 0 Å². The summed E-state index contributed by atoms with van der Waals surface area (Å²) >= 11 is 0. The van der Waals surface area contributed by atoms with Gasteiger partial charge in [0.25, 0.3) is 0 Å². The zero-order valence-corrected chi connectivity index (χ0v) is 12.5. The van der Waals surface area contributed by atoms with E-state index in [1.54, 1.807) is 24.3 Å². The van der Waals surface area contributed by atoms with Gasteiger partial charge < -0.3 is 20.1 Å². The summed E-state index contributed by atoms with van der Waals surface area (Å²) in [5.74, 6) is -0.106. The molecule has 0 spiro atoms. The first-order chi connectivity index (χ1) is 11.1. The molecule has 0 aromatic heterocycles. The molecule has 120 valence electrons. The van der Waals surface area contributed by atoms with Crippen molar-refractivity contribution in [1.82, 2.24) is 10.2 Å². The van der Waals surface area contributed by atoms with E-state index in [-0.39, 0.29) is 23.8 Å². The van der Waals surface area contributed by atoms with Crippen molar-refractivity contribution < 1.29 is 19.4 Å². The number of ether oxygens (including phenoxy) is 1. The monoisotopic (exact) mass is 314 g/mol. The van der Waals surface area contributed by atoms with Crippen LogP contribution in [-0.2, 0) is 11.3 Å². The van der Waals surface area contributed by atoms with Crippen molar-refractivity contribution in [1.29, 1.82) is 0 Å². The maximum Gasteiger partial charge on any atom is 0.335 e. The molecule has 0 aliphatic carbocycles. The predicted octanol–water partition coefficient (Wildman–Crippen LogP) is 1.48. The van der Waals surface area contributed by atoms with Crippen LogP contribution in [0.15, 0.2) is 36.4 Å². The van der Waals surface area contributed by atoms with Gasteiger partial charge >= 0.3 is 12.0 Å². The number of likely N-dealkylation sites (tertiary alicyclic amines) is 1. The largest absolute Gasteiger partial charge is 0.478 e. The molecule has 3 aliphatic heterocycles. The lowest BCUT2D eigenvalue weighted by Crippen LogP contribution is -2.39. The molecule has 3 aliphatic rings. The zero-order valence-electron chi connectivity index (χ0n) is 12.5. The molecule has 1 aromatic rings. The number of amides is 2. The minimum atomic E-state index is -0.949. The molecule has 23 heavy (non-hydrogen) atoms. The molecule has 2 saturated heterocycles. The van der Waals surface area contributed by atoms with E-state index < -0.39 is 5.97 Å². The second-order valence-corrected chi connectivity index (χ2v) is 6.34. The highest BCUT2D eigenvalue weighted by Crippen LogP contribution is 2.43. The predicted molar refractivity (Wildman–Crippen MR) is 82.0 cm³/mol. The Balaban J connectivity index is 1.32. The summed E-state index contributed by atoms with van der Waals surface area (Å²) in [6.07, 6.45) is 4.56. The summed E-state index contributed by atoms with van der Waals surface area (Å²) in [7, 11) is 0. The van der Waals surface area contributed by atoms with E-state index in [2.05, 4.69) is 17.5 Å². The number of fused-ring (bicyclic) bond motifs is 5. The molecular weight excluding hydrogens is 296 g/mol. The third-order valence-electron chi connectivity index (χ3n) is 4.99. The van der Waals surface area contributed by atoms with Crippen LogP contribution in [0.2, 0.25) is 0 Å². The molecule has 2 fully saturated rings. The van der Waals surface area contributed by atoms with E-state index in [9.17, 15) is 9.59 Å². The fourth-order valence-electron chi connectivity index (χ4n) is 3.75. The number of nitrogens with zero attached hydrogens (tertiary/aromatic N) is 1. The first kappa shape index (κ1) is 14.3. The average molecular weight is 314 g/mol. The molecule has 2 bridgehead atoms. The summed E-state index contributed by atoms with van der Waals surface area (Å²) in [6.45, 7) is 1.87. The number of aromatic carboxylic acids is 1. The van der Waals surface area contributed by atoms with Crippen molar-refractivity contribution >= 4 is 12.0 Å². The first-order valence-electron chi connectivity index (χ1n) is 7.80. The normalized spacial score (nSPS) is 30.5. The first-order valence-corrected chi connectivity index (χ1v) is 7.80. The summed E-state index contributed by atoms with van der Waals surface area (Å²) in [6, 6.07) is 6.47.